The van der Waals surface area contributed by atoms with Crippen LogP contribution in [0.25, 0.3) is 5.69 Å². The lowest BCUT2D eigenvalue weighted by Crippen LogP contribution is -2.31. The van der Waals surface area contributed by atoms with Crippen LogP contribution in [-0.4, -0.2) is 58.1 Å². The fraction of sp³-hybridized carbons (Fsp3) is 0.357. The Kier molecular flexibility index (Phi) is 6.55. The Balaban J connectivity index is 1.95. The molecule has 128 valence electrons. The first-order valence-electron chi connectivity index (χ1n) is 7.12. The minimum Gasteiger partial charge on any atom is -0.494 e. The van der Waals surface area contributed by atoms with E-state index in [2.05, 4.69) is 25.6 Å². The first-order chi connectivity index (χ1) is 11.6. The molecule has 0 saturated heterocycles. The molecule has 2 rings (SSSR count). The van der Waals surface area contributed by atoms with Crippen LogP contribution in [0.5, 0.6) is 5.75 Å². The molecule has 0 fully saturated rings. The van der Waals surface area contributed by atoms with Crippen LogP contribution >= 0.6 is 11.8 Å². The average molecular weight is 351 g/mol. The van der Waals surface area contributed by atoms with Crippen molar-refractivity contribution >= 4 is 23.6 Å². The van der Waals surface area contributed by atoms with Gasteiger partial charge in [-0.05, 0) is 41.6 Å². The molecule has 0 saturated carbocycles. The smallest absolute Gasteiger partial charge is 0.325 e. The van der Waals surface area contributed by atoms with Crippen molar-refractivity contribution in [1.29, 1.82) is 0 Å². The summed E-state index contributed by atoms with van der Waals surface area (Å²) in [6, 6.07) is 7.28. The molecule has 0 aliphatic heterocycles. The molecule has 1 heterocycles. The molecule has 10 heteroatoms. The van der Waals surface area contributed by atoms with Crippen molar-refractivity contribution < 1.29 is 19.1 Å². The maximum absolute atomic E-state index is 11.7. The Morgan fingerprint density at radius 1 is 1.29 bits per heavy atom. The lowest BCUT2D eigenvalue weighted by Gasteiger charge is -2.06. The highest BCUT2D eigenvalue weighted by molar-refractivity contribution is 7.99. The van der Waals surface area contributed by atoms with Crippen molar-refractivity contribution in [3.8, 4) is 11.4 Å². The number of aromatic nitrogens is 4. The maximum atomic E-state index is 11.7. The van der Waals surface area contributed by atoms with Gasteiger partial charge in [-0.15, -0.1) is 5.10 Å². The van der Waals surface area contributed by atoms with Gasteiger partial charge < -0.3 is 14.8 Å². The number of methoxy groups -OCH3 is 1. The van der Waals surface area contributed by atoms with Crippen molar-refractivity contribution in [2.45, 2.75) is 12.1 Å². The summed E-state index contributed by atoms with van der Waals surface area (Å²) in [6.07, 6.45) is 0. The normalized spacial score (nSPS) is 10.2. The predicted molar refractivity (Wildman–Crippen MR) is 86.1 cm³/mol. The number of tetrazole rings is 1. The molecule has 24 heavy (non-hydrogen) atoms. The van der Waals surface area contributed by atoms with Crippen LogP contribution in [0, 0.1) is 0 Å². The molecule has 0 aliphatic rings. The summed E-state index contributed by atoms with van der Waals surface area (Å²) in [5.41, 5.74) is 0.751. The molecule has 9 nitrogen and oxygen atoms in total. The van der Waals surface area contributed by atoms with Crippen molar-refractivity contribution in [1.82, 2.24) is 25.5 Å². The van der Waals surface area contributed by atoms with E-state index in [1.807, 2.05) is 31.2 Å². The minimum absolute atomic E-state index is 0.0778. The number of esters is 1. The molecule has 0 unspecified atom stereocenters. The summed E-state index contributed by atoms with van der Waals surface area (Å²) in [4.78, 5) is 22.7. The van der Waals surface area contributed by atoms with E-state index in [1.165, 1.54) is 11.8 Å². The standard InChI is InChI=1S/C14H17N5O4S/c1-3-23-11-6-4-10(5-7-11)19-14(16-17-18-19)24-9-12(20)15-8-13(21)22-2/h4-7H,3,8-9H2,1-2H3,(H,15,20). The number of amides is 1. The number of benzene rings is 1. The molecule has 0 spiro atoms. The molecule has 0 aliphatic carbocycles. The van der Waals surface area contributed by atoms with E-state index in [1.54, 1.807) is 0 Å². The predicted octanol–water partition coefficient (Wildman–Crippen LogP) is 0.442. The zero-order chi connectivity index (χ0) is 17.4. The lowest BCUT2D eigenvalue weighted by atomic mass is 10.3. The Morgan fingerprint density at radius 3 is 2.71 bits per heavy atom. The average Bonchev–Trinajstić information content (AvgIpc) is 3.07. The molecule has 1 aromatic heterocycles. The summed E-state index contributed by atoms with van der Waals surface area (Å²) in [6.45, 7) is 2.33. The number of nitrogens with one attached hydrogen (secondary N) is 1. The Morgan fingerprint density at radius 2 is 2.04 bits per heavy atom. The van der Waals surface area contributed by atoms with Gasteiger partial charge in [-0.1, -0.05) is 11.8 Å². The molecular weight excluding hydrogens is 334 g/mol. The van der Waals surface area contributed by atoms with Crippen LogP contribution in [0.2, 0.25) is 0 Å². The van der Waals surface area contributed by atoms with Crippen LogP contribution in [0.1, 0.15) is 6.92 Å². The van der Waals surface area contributed by atoms with Gasteiger partial charge in [0.1, 0.15) is 12.3 Å². The van der Waals surface area contributed by atoms with Gasteiger partial charge in [-0.3, -0.25) is 9.59 Å². The Hall–Kier alpha value is -2.62. The van der Waals surface area contributed by atoms with Crippen LogP contribution < -0.4 is 10.1 Å². The second-order valence-electron chi connectivity index (χ2n) is 4.44. The third-order valence-corrected chi connectivity index (χ3v) is 3.74. The van der Waals surface area contributed by atoms with Gasteiger partial charge in [0.25, 0.3) is 0 Å². The third kappa shape index (κ3) is 4.95. The van der Waals surface area contributed by atoms with Gasteiger partial charge in [-0.2, -0.15) is 4.68 Å². The lowest BCUT2D eigenvalue weighted by molar-refractivity contribution is -0.140. The van der Waals surface area contributed by atoms with Crippen molar-refractivity contribution in [2.24, 2.45) is 0 Å². The molecule has 0 radical (unpaired) electrons. The van der Waals surface area contributed by atoms with Crippen LogP contribution in [0.3, 0.4) is 0 Å². The minimum atomic E-state index is -0.507. The highest BCUT2D eigenvalue weighted by Crippen LogP contribution is 2.20. The van der Waals surface area contributed by atoms with Crippen LogP contribution in [0.4, 0.5) is 0 Å². The summed E-state index contributed by atoms with van der Waals surface area (Å²) in [5, 5.41) is 14.4. The first-order valence-corrected chi connectivity index (χ1v) is 8.10. The summed E-state index contributed by atoms with van der Waals surface area (Å²) >= 11 is 1.16. The molecule has 1 N–H and O–H groups in total. The summed E-state index contributed by atoms with van der Waals surface area (Å²) in [5.74, 6) is 0.0129. The topological polar surface area (TPSA) is 108 Å². The van der Waals surface area contributed by atoms with E-state index in [-0.39, 0.29) is 18.2 Å². The molecule has 1 amide bonds. The number of carbonyl (C=O) groups is 2. The fourth-order valence-electron chi connectivity index (χ4n) is 1.71. The third-order valence-electron chi connectivity index (χ3n) is 2.82. The second kappa shape index (κ2) is 8.87. The van der Waals surface area contributed by atoms with Crippen molar-refractivity contribution in [2.75, 3.05) is 26.0 Å². The van der Waals surface area contributed by atoms with Gasteiger partial charge in [0.2, 0.25) is 11.1 Å². The fourth-order valence-corrected chi connectivity index (χ4v) is 2.43. The van der Waals surface area contributed by atoms with Crippen molar-refractivity contribution in [3.63, 3.8) is 0 Å². The van der Waals surface area contributed by atoms with E-state index in [0.717, 1.165) is 23.2 Å². The number of carbonyl (C=O) groups excluding carboxylic acids is 2. The van der Waals surface area contributed by atoms with E-state index >= 15 is 0 Å². The van der Waals surface area contributed by atoms with Crippen LogP contribution in [0.15, 0.2) is 29.4 Å². The molecular formula is C14H17N5O4S. The largest absolute Gasteiger partial charge is 0.494 e. The first kappa shape index (κ1) is 17.7. The highest BCUT2D eigenvalue weighted by atomic mass is 32.2. The SMILES string of the molecule is CCOc1ccc(-n2nnnc2SCC(=O)NCC(=O)OC)cc1. The van der Waals surface area contributed by atoms with Gasteiger partial charge in [0.15, 0.2) is 0 Å². The number of hydrogen-bond donors (Lipinski definition) is 1. The van der Waals surface area contributed by atoms with E-state index in [4.69, 9.17) is 4.74 Å². The Bertz CT molecular complexity index is 689. The summed E-state index contributed by atoms with van der Waals surface area (Å²) < 4.78 is 11.4. The molecule has 2 aromatic rings. The number of ether oxygens (including phenoxy) is 2. The zero-order valence-electron chi connectivity index (χ0n) is 13.3. The van der Waals surface area contributed by atoms with E-state index < -0.39 is 5.97 Å². The van der Waals surface area contributed by atoms with Gasteiger partial charge in [0, 0.05) is 0 Å². The maximum Gasteiger partial charge on any atom is 0.325 e. The van der Waals surface area contributed by atoms with Gasteiger partial charge in [0.05, 0.1) is 25.2 Å². The number of hydrogen-bond acceptors (Lipinski definition) is 8. The van der Waals surface area contributed by atoms with Crippen molar-refractivity contribution in [3.05, 3.63) is 24.3 Å². The van der Waals surface area contributed by atoms with Crippen LogP contribution in [-0.2, 0) is 14.3 Å². The zero-order valence-corrected chi connectivity index (χ0v) is 14.1. The summed E-state index contributed by atoms with van der Waals surface area (Å²) in [7, 11) is 1.26. The number of rotatable bonds is 8. The quantitative estimate of drug-likeness (QED) is 0.539. The second-order valence-corrected chi connectivity index (χ2v) is 5.38. The van der Waals surface area contributed by atoms with E-state index in [0.29, 0.717) is 11.8 Å². The Labute approximate surface area is 142 Å². The highest BCUT2D eigenvalue weighted by Gasteiger charge is 2.12. The molecule has 0 bridgehead atoms. The van der Waals surface area contributed by atoms with E-state index in [9.17, 15) is 9.59 Å². The molecule has 1 aromatic carbocycles. The monoisotopic (exact) mass is 351 g/mol. The number of thioether (sulfide) groups is 1. The number of nitrogens with zero attached hydrogens (tertiary/aromatic N) is 4. The molecule has 0 atom stereocenters. The van der Waals surface area contributed by atoms with Gasteiger partial charge >= 0.3 is 5.97 Å². The van der Waals surface area contributed by atoms with Gasteiger partial charge in [-0.25, -0.2) is 0 Å².